The lowest BCUT2D eigenvalue weighted by atomic mass is 9.98. The van der Waals surface area contributed by atoms with Crippen molar-refractivity contribution in [1.29, 1.82) is 0 Å². The fraction of sp³-hybridized carbons (Fsp3) is 0. The van der Waals surface area contributed by atoms with Crippen molar-refractivity contribution >= 4 is 54.6 Å². The molecule has 10 rings (SSSR count). The Kier molecular flexibility index (Phi) is 5.81. The van der Waals surface area contributed by atoms with E-state index in [0.29, 0.717) is 17.5 Å². The minimum atomic E-state index is 0.581. The Morgan fingerprint density at radius 2 is 0.917 bits per heavy atom. The molecule has 5 nitrogen and oxygen atoms in total. The summed E-state index contributed by atoms with van der Waals surface area (Å²) in [5.74, 6) is 1.76. The maximum absolute atomic E-state index is 6.52. The zero-order chi connectivity index (χ0) is 31.6. The van der Waals surface area contributed by atoms with Crippen molar-refractivity contribution in [2.45, 2.75) is 0 Å². The molecule has 224 valence electrons. The molecule has 5 heteroatoms. The fourth-order valence-electron chi connectivity index (χ4n) is 6.87. The molecule has 0 aliphatic rings. The van der Waals surface area contributed by atoms with E-state index in [1.807, 2.05) is 97.1 Å². The van der Waals surface area contributed by atoms with Crippen molar-refractivity contribution in [1.82, 2.24) is 15.0 Å². The van der Waals surface area contributed by atoms with Gasteiger partial charge in [-0.2, -0.15) is 0 Å². The maximum atomic E-state index is 6.52. The van der Waals surface area contributed by atoms with E-state index in [1.165, 1.54) is 0 Å². The van der Waals surface area contributed by atoms with Crippen molar-refractivity contribution in [2.24, 2.45) is 0 Å². The Morgan fingerprint density at radius 1 is 0.354 bits per heavy atom. The predicted molar refractivity (Wildman–Crippen MR) is 194 cm³/mol. The summed E-state index contributed by atoms with van der Waals surface area (Å²) in [7, 11) is 0. The molecule has 0 radical (unpaired) electrons. The Labute approximate surface area is 274 Å². The molecule has 0 saturated heterocycles. The average Bonchev–Trinajstić information content (AvgIpc) is 3.74. The van der Waals surface area contributed by atoms with Crippen LogP contribution >= 0.6 is 0 Å². The first-order valence-electron chi connectivity index (χ1n) is 15.9. The number of para-hydroxylation sites is 2. The van der Waals surface area contributed by atoms with E-state index in [0.717, 1.165) is 82.5 Å². The molecular formula is C43H25N3O2. The lowest BCUT2D eigenvalue weighted by Gasteiger charge is -2.12. The van der Waals surface area contributed by atoms with Crippen molar-refractivity contribution in [2.75, 3.05) is 0 Å². The van der Waals surface area contributed by atoms with Crippen LogP contribution < -0.4 is 0 Å². The van der Waals surface area contributed by atoms with Gasteiger partial charge in [0.1, 0.15) is 22.3 Å². The molecule has 3 heterocycles. The van der Waals surface area contributed by atoms with Crippen LogP contribution in [0.25, 0.3) is 99.9 Å². The topological polar surface area (TPSA) is 65.0 Å². The summed E-state index contributed by atoms with van der Waals surface area (Å²) < 4.78 is 13.0. The predicted octanol–water partition coefficient (Wildman–Crippen LogP) is 11.5. The molecule has 7 aromatic carbocycles. The molecule has 0 fully saturated rings. The Bertz CT molecular complexity index is 2840. The van der Waals surface area contributed by atoms with E-state index in [9.17, 15) is 0 Å². The van der Waals surface area contributed by atoms with Crippen molar-refractivity contribution in [3.05, 3.63) is 152 Å². The van der Waals surface area contributed by atoms with Crippen LogP contribution in [-0.4, -0.2) is 15.0 Å². The third-order valence-corrected chi connectivity index (χ3v) is 9.10. The second-order valence-electron chi connectivity index (χ2n) is 12.0. The maximum Gasteiger partial charge on any atom is 0.164 e. The van der Waals surface area contributed by atoms with Gasteiger partial charge in [-0.15, -0.1) is 0 Å². The number of hydrogen-bond acceptors (Lipinski definition) is 5. The summed E-state index contributed by atoms with van der Waals surface area (Å²) >= 11 is 0. The SMILES string of the molecule is c1ccc(-c2nc(-c3cc(-c4ccccc4)c4oc5ccccc5c4c3)nc(-c3cc4ccccc4c4oc5ccccc5c34)n2)cc1. The van der Waals surface area contributed by atoms with Crippen molar-refractivity contribution < 1.29 is 8.83 Å². The van der Waals surface area contributed by atoms with Crippen LogP contribution in [0.15, 0.2) is 160 Å². The molecule has 48 heavy (non-hydrogen) atoms. The van der Waals surface area contributed by atoms with Gasteiger partial charge in [-0.05, 0) is 41.3 Å². The molecule has 3 aromatic heterocycles. The summed E-state index contributed by atoms with van der Waals surface area (Å²) in [6.45, 7) is 0. The van der Waals surface area contributed by atoms with Crippen LogP contribution in [0, 0.1) is 0 Å². The summed E-state index contributed by atoms with van der Waals surface area (Å²) in [6.07, 6.45) is 0. The van der Waals surface area contributed by atoms with Gasteiger partial charge in [-0.3, -0.25) is 0 Å². The number of nitrogens with zero attached hydrogens (tertiary/aromatic N) is 3. The summed E-state index contributed by atoms with van der Waals surface area (Å²) in [5, 5.41) is 6.18. The van der Waals surface area contributed by atoms with Crippen molar-refractivity contribution in [3.63, 3.8) is 0 Å². The quantitative estimate of drug-likeness (QED) is 0.197. The van der Waals surface area contributed by atoms with Gasteiger partial charge in [-0.1, -0.05) is 121 Å². The van der Waals surface area contributed by atoms with E-state index in [1.54, 1.807) is 0 Å². The Balaban J connectivity index is 1.30. The minimum Gasteiger partial charge on any atom is -0.455 e. The zero-order valence-electron chi connectivity index (χ0n) is 25.6. The van der Waals surface area contributed by atoms with Gasteiger partial charge in [-0.25, -0.2) is 15.0 Å². The largest absolute Gasteiger partial charge is 0.455 e. The van der Waals surface area contributed by atoms with E-state index < -0.39 is 0 Å². The monoisotopic (exact) mass is 615 g/mol. The molecular weight excluding hydrogens is 590 g/mol. The van der Waals surface area contributed by atoms with E-state index >= 15 is 0 Å². The highest BCUT2D eigenvalue weighted by Crippen LogP contribution is 2.42. The van der Waals surface area contributed by atoms with E-state index in [-0.39, 0.29) is 0 Å². The highest BCUT2D eigenvalue weighted by Gasteiger charge is 2.22. The van der Waals surface area contributed by atoms with Gasteiger partial charge in [0.2, 0.25) is 0 Å². The smallest absolute Gasteiger partial charge is 0.164 e. The number of benzene rings is 7. The third kappa shape index (κ3) is 4.15. The highest BCUT2D eigenvalue weighted by atomic mass is 16.3. The normalized spacial score (nSPS) is 11.8. The van der Waals surface area contributed by atoms with E-state index in [4.69, 9.17) is 23.8 Å². The fourth-order valence-corrected chi connectivity index (χ4v) is 6.87. The van der Waals surface area contributed by atoms with Crippen LogP contribution in [0.5, 0.6) is 0 Å². The van der Waals surface area contributed by atoms with Crippen LogP contribution in [0.4, 0.5) is 0 Å². The second kappa shape index (κ2) is 10.5. The first-order chi connectivity index (χ1) is 23.8. The number of hydrogen-bond donors (Lipinski definition) is 0. The van der Waals surface area contributed by atoms with Crippen LogP contribution in [0.2, 0.25) is 0 Å². The number of aromatic nitrogens is 3. The number of rotatable bonds is 4. The summed E-state index contributed by atoms with van der Waals surface area (Å²) in [5.41, 5.74) is 8.06. The molecule has 0 aliphatic carbocycles. The first kappa shape index (κ1) is 26.6. The van der Waals surface area contributed by atoms with Gasteiger partial charge >= 0.3 is 0 Å². The minimum absolute atomic E-state index is 0.581. The lowest BCUT2D eigenvalue weighted by Crippen LogP contribution is -2.01. The van der Waals surface area contributed by atoms with Crippen LogP contribution in [-0.2, 0) is 0 Å². The molecule has 10 aromatic rings. The Hall–Kier alpha value is -6.59. The third-order valence-electron chi connectivity index (χ3n) is 9.10. The Morgan fingerprint density at radius 3 is 1.69 bits per heavy atom. The molecule has 0 unspecified atom stereocenters. The molecule has 0 spiro atoms. The van der Waals surface area contributed by atoms with Crippen LogP contribution in [0.1, 0.15) is 0 Å². The molecule has 0 bridgehead atoms. The molecule has 0 N–H and O–H groups in total. The standard InChI is InChI=1S/C43H25N3O2/c1-3-13-26(14-4-1)33-24-29(25-34-31-19-9-11-21-36(31)47-39(33)34)42-44-41(27-15-5-2-6-16-27)45-43(46-42)35-23-28-17-7-8-18-30(28)40-38(35)32-20-10-12-22-37(32)48-40/h1-25H. The second-order valence-corrected chi connectivity index (χ2v) is 12.0. The van der Waals surface area contributed by atoms with E-state index in [2.05, 4.69) is 54.6 Å². The number of furan rings is 2. The summed E-state index contributed by atoms with van der Waals surface area (Å²) in [6, 6.07) is 51.5. The first-order valence-corrected chi connectivity index (χ1v) is 15.9. The summed E-state index contributed by atoms with van der Waals surface area (Å²) in [4.78, 5) is 15.5. The van der Waals surface area contributed by atoms with Gasteiger partial charge in [0.15, 0.2) is 17.5 Å². The van der Waals surface area contributed by atoms with Gasteiger partial charge in [0, 0.05) is 49.2 Å². The lowest BCUT2D eigenvalue weighted by molar-refractivity contribution is 0.670. The van der Waals surface area contributed by atoms with Gasteiger partial charge < -0.3 is 8.83 Å². The van der Waals surface area contributed by atoms with Crippen molar-refractivity contribution in [3.8, 4) is 45.3 Å². The van der Waals surface area contributed by atoms with Gasteiger partial charge in [0.25, 0.3) is 0 Å². The van der Waals surface area contributed by atoms with Crippen LogP contribution in [0.3, 0.4) is 0 Å². The van der Waals surface area contributed by atoms with Gasteiger partial charge in [0.05, 0.1) is 0 Å². The zero-order valence-corrected chi connectivity index (χ0v) is 25.6. The molecule has 0 saturated carbocycles. The number of fused-ring (bicyclic) bond motifs is 8. The molecule has 0 aliphatic heterocycles. The molecule has 0 atom stereocenters. The molecule has 0 amide bonds. The highest BCUT2D eigenvalue weighted by molar-refractivity contribution is 6.20. The average molecular weight is 616 g/mol.